The number of sulfonamides is 1. The standard InChI is InChI=1S/C25H26FN3O5S.2H2/c1-15(2)14-33-20-12-17(11-18(26)13-20)22-10-9-21(25(28-22)34-19-7-8-19)24(30)29-35(31,32)23-6-4-5-16(3)27-23;;/h4-6,9-13,15,19H,7-8,14H2,1-3H3,(H,29,30);2*1H. The molecule has 35 heavy (non-hydrogen) atoms. The van der Waals surface area contributed by atoms with Gasteiger partial charge in [0, 0.05) is 20.2 Å². The first-order chi connectivity index (χ1) is 16.6. The topological polar surface area (TPSA) is 107 Å². The lowest BCUT2D eigenvalue weighted by atomic mass is 10.1. The maximum Gasteiger partial charge on any atom is 0.281 e. The van der Waals surface area contributed by atoms with Crippen molar-refractivity contribution in [3.63, 3.8) is 0 Å². The highest BCUT2D eigenvalue weighted by Crippen LogP contribution is 2.32. The van der Waals surface area contributed by atoms with Gasteiger partial charge in [-0.3, -0.25) is 4.79 Å². The molecule has 0 saturated heterocycles. The molecule has 0 aliphatic heterocycles. The number of aromatic nitrogens is 2. The smallest absolute Gasteiger partial charge is 0.281 e. The molecule has 2 heterocycles. The summed E-state index contributed by atoms with van der Waals surface area (Å²) in [6, 6.07) is 11.7. The van der Waals surface area contributed by atoms with Crippen molar-refractivity contribution in [2.24, 2.45) is 5.92 Å². The first kappa shape index (κ1) is 24.6. The van der Waals surface area contributed by atoms with Crippen LogP contribution in [0.4, 0.5) is 4.39 Å². The Morgan fingerprint density at radius 2 is 1.94 bits per heavy atom. The van der Waals surface area contributed by atoms with Crippen LogP contribution in [0.1, 0.15) is 45.6 Å². The first-order valence-corrected chi connectivity index (χ1v) is 12.7. The molecule has 1 N–H and O–H groups in total. The molecule has 1 aromatic carbocycles. The summed E-state index contributed by atoms with van der Waals surface area (Å²) < 4.78 is 53.1. The number of carbonyl (C=O) groups is 1. The molecule has 0 spiro atoms. The van der Waals surface area contributed by atoms with Crippen molar-refractivity contribution < 1.29 is 29.9 Å². The molecule has 1 saturated carbocycles. The molecule has 1 aliphatic rings. The van der Waals surface area contributed by atoms with Crippen molar-refractivity contribution in [1.82, 2.24) is 14.7 Å². The predicted molar refractivity (Wildman–Crippen MR) is 131 cm³/mol. The van der Waals surface area contributed by atoms with Gasteiger partial charge in [-0.05, 0) is 62.1 Å². The number of aryl methyl sites for hydroxylation is 1. The summed E-state index contributed by atoms with van der Waals surface area (Å²) in [6.45, 7) is 6.05. The van der Waals surface area contributed by atoms with Gasteiger partial charge in [-0.25, -0.2) is 19.1 Å². The van der Waals surface area contributed by atoms with Crippen LogP contribution in [0.25, 0.3) is 11.3 Å². The highest BCUT2D eigenvalue weighted by atomic mass is 32.2. The summed E-state index contributed by atoms with van der Waals surface area (Å²) in [4.78, 5) is 21.3. The van der Waals surface area contributed by atoms with Crippen LogP contribution in [0, 0.1) is 18.7 Å². The van der Waals surface area contributed by atoms with Gasteiger partial charge < -0.3 is 9.47 Å². The summed E-state index contributed by atoms with van der Waals surface area (Å²) in [5.74, 6) is -0.792. The van der Waals surface area contributed by atoms with Crippen molar-refractivity contribution in [1.29, 1.82) is 0 Å². The van der Waals surface area contributed by atoms with Crippen LogP contribution in [0.3, 0.4) is 0 Å². The average Bonchev–Trinajstić information content (AvgIpc) is 3.61. The monoisotopic (exact) mass is 503 g/mol. The fourth-order valence-electron chi connectivity index (χ4n) is 3.16. The van der Waals surface area contributed by atoms with Crippen LogP contribution in [0.15, 0.2) is 53.6 Å². The molecule has 1 amide bonds. The number of hydrogen-bond acceptors (Lipinski definition) is 7. The Morgan fingerprint density at radius 1 is 1.17 bits per heavy atom. The second kappa shape index (κ2) is 9.99. The van der Waals surface area contributed by atoms with Crippen molar-refractivity contribution >= 4 is 15.9 Å². The van der Waals surface area contributed by atoms with E-state index in [1.807, 2.05) is 18.6 Å². The van der Waals surface area contributed by atoms with Crippen LogP contribution < -0.4 is 14.2 Å². The fraction of sp³-hybridized carbons (Fsp3) is 0.320. The zero-order chi connectivity index (χ0) is 25.2. The third-order valence-corrected chi connectivity index (χ3v) is 6.26. The normalized spacial score (nSPS) is 13.5. The number of nitrogens with one attached hydrogen (secondary N) is 1. The molecular weight excluding hydrogens is 473 g/mol. The number of rotatable bonds is 9. The highest BCUT2D eigenvalue weighted by Gasteiger charge is 2.29. The molecule has 10 heteroatoms. The minimum Gasteiger partial charge on any atom is -0.493 e. The van der Waals surface area contributed by atoms with Crippen molar-refractivity contribution in [3.05, 3.63) is 65.6 Å². The van der Waals surface area contributed by atoms with Crippen LogP contribution >= 0.6 is 0 Å². The zero-order valence-corrected chi connectivity index (χ0v) is 20.4. The molecular formula is C25H30FN3O5S. The molecule has 2 aromatic heterocycles. The summed E-state index contributed by atoms with van der Waals surface area (Å²) >= 11 is 0. The van der Waals surface area contributed by atoms with Gasteiger partial charge in [-0.2, -0.15) is 8.42 Å². The minimum atomic E-state index is -4.21. The van der Waals surface area contributed by atoms with E-state index in [1.54, 1.807) is 19.1 Å². The number of amides is 1. The largest absolute Gasteiger partial charge is 0.493 e. The number of pyridine rings is 2. The second-order valence-electron chi connectivity index (χ2n) is 8.80. The van der Waals surface area contributed by atoms with Crippen molar-refractivity contribution in [2.45, 2.75) is 44.7 Å². The van der Waals surface area contributed by atoms with Crippen LogP contribution in [-0.2, 0) is 10.0 Å². The van der Waals surface area contributed by atoms with Gasteiger partial charge >= 0.3 is 0 Å². The van der Waals surface area contributed by atoms with Gasteiger partial charge in [0.1, 0.15) is 23.2 Å². The number of halogens is 1. The lowest BCUT2D eigenvalue weighted by Crippen LogP contribution is -2.31. The van der Waals surface area contributed by atoms with E-state index in [4.69, 9.17) is 9.47 Å². The Morgan fingerprint density at radius 3 is 2.63 bits per heavy atom. The molecule has 1 aliphatic carbocycles. The Hall–Kier alpha value is -3.53. The predicted octanol–water partition coefficient (Wildman–Crippen LogP) is 4.78. The maximum absolute atomic E-state index is 14.3. The van der Waals surface area contributed by atoms with Gasteiger partial charge in [0.2, 0.25) is 5.88 Å². The Labute approximate surface area is 206 Å². The Bertz CT molecular complexity index is 1370. The third-order valence-electron chi connectivity index (χ3n) is 5.02. The zero-order valence-electron chi connectivity index (χ0n) is 19.6. The molecule has 0 unspecified atom stereocenters. The van der Waals surface area contributed by atoms with E-state index in [0.717, 1.165) is 12.8 Å². The summed E-state index contributed by atoms with van der Waals surface area (Å²) in [7, 11) is -4.21. The highest BCUT2D eigenvalue weighted by molar-refractivity contribution is 7.90. The molecule has 0 radical (unpaired) electrons. The quantitative estimate of drug-likeness (QED) is 0.448. The molecule has 0 bridgehead atoms. The van der Waals surface area contributed by atoms with Gasteiger partial charge in [-0.1, -0.05) is 19.9 Å². The van der Waals surface area contributed by atoms with Crippen molar-refractivity contribution in [2.75, 3.05) is 6.61 Å². The number of benzene rings is 1. The van der Waals surface area contributed by atoms with E-state index >= 15 is 0 Å². The Kier molecular flexibility index (Phi) is 7.02. The fourth-order valence-corrected chi connectivity index (χ4v) is 4.14. The van der Waals surface area contributed by atoms with E-state index in [-0.39, 0.29) is 31.3 Å². The van der Waals surface area contributed by atoms with E-state index in [2.05, 4.69) is 9.97 Å². The van der Waals surface area contributed by atoms with E-state index in [1.165, 1.54) is 36.4 Å². The van der Waals surface area contributed by atoms with Gasteiger partial charge in [0.15, 0.2) is 5.03 Å². The van der Waals surface area contributed by atoms with E-state index in [9.17, 15) is 17.6 Å². The summed E-state index contributed by atoms with van der Waals surface area (Å²) in [5, 5.41) is -0.270. The summed E-state index contributed by atoms with van der Waals surface area (Å²) in [6.07, 6.45) is 1.48. The molecule has 4 rings (SSSR count). The number of carbonyl (C=O) groups excluding carboxylic acids is 1. The lowest BCUT2D eigenvalue weighted by molar-refractivity contribution is 0.0976. The number of hydrogen-bond donors (Lipinski definition) is 1. The maximum atomic E-state index is 14.3. The summed E-state index contributed by atoms with van der Waals surface area (Å²) in [5.41, 5.74) is 1.24. The van der Waals surface area contributed by atoms with Gasteiger partial charge in [-0.15, -0.1) is 0 Å². The molecule has 188 valence electrons. The average molecular weight is 504 g/mol. The second-order valence-corrected chi connectivity index (χ2v) is 10.4. The van der Waals surface area contributed by atoms with Gasteiger partial charge in [0.25, 0.3) is 15.9 Å². The molecule has 3 aromatic rings. The number of nitrogens with zero attached hydrogens (tertiary/aromatic N) is 2. The van der Waals surface area contributed by atoms with Gasteiger partial charge in [0.05, 0.1) is 12.3 Å². The minimum absolute atomic E-state index is 0. The SMILES string of the molecule is Cc1cccc(S(=O)(=O)NC(=O)c2ccc(-c3cc(F)cc(OCC(C)C)c3)nc2OC2CC2)n1.[HH].[HH]. The van der Waals surface area contributed by atoms with E-state index < -0.39 is 21.7 Å². The third kappa shape index (κ3) is 6.33. The molecule has 1 fully saturated rings. The van der Waals surface area contributed by atoms with E-state index in [0.29, 0.717) is 29.3 Å². The first-order valence-electron chi connectivity index (χ1n) is 11.2. The Balaban J connectivity index is 0.00000241. The molecule has 0 atom stereocenters. The van der Waals surface area contributed by atoms with Crippen LogP contribution in [0.2, 0.25) is 0 Å². The number of ether oxygens (including phenoxy) is 2. The van der Waals surface area contributed by atoms with Crippen LogP contribution in [-0.4, -0.2) is 37.0 Å². The van der Waals surface area contributed by atoms with Crippen molar-refractivity contribution in [3.8, 4) is 22.9 Å². The van der Waals surface area contributed by atoms with Crippen LogP contribution in [0.5, 0.6) is 11.6 Å². The lowest BCUT2D eigenvalue weighted by Gasteiger charge is -2.14. The molecule has 8 nitrogen and oxygen atoms in total.